The smallest absolute Gasteiger partial charge is 0.0726 e. The van der Waals surface area contributed by atoms with Crippen molar-refractivity contribution in [2.24, 2.45) is 0 Å². The third kappa shape index (κ3) is 5.36. The summed E-state index contributed by atoms with van der Waals surface area (Å²) in [7, 11) is 0. The fraction of sp³-hybridized carbons (Fsp3) is 0.0571. The fourth-order valence-corrected chi connectivity index (χ4v) is 13.6. The van der Waals surface area contributed by atoms with Gasteiger partial charge in [-0.2, -0.15) is 0 Å². The lowest BCUT2D eigenvalue weighted by Gasteiger charge is -2.36. The minimum absolute atomic E-state index is 0.187. The lowest BCUT2D eigenvalue weighted by Crippen LogP contribution is -2.29. The standard InChI is InChI=1S/C70H47N/c1-69(2)59-33-15-13-31-56(59)67-63(69)37-19-39-65(67)71(44-41-42-53-49-25-6-5-23-47(49)45-21-3-4-22-46(45)48-24-7-10-28-52(48)58(53)43-44)66-40-20-38-64-68(66)57-32-14-18-36-62(57)70(64)60-34-16-11-29-54(60)50-26-8-9-27-51(50)55-30-12-17-35-61(55)70/h3-43H,1-2H3. The predicted octanol–water partition coefficient (Wildman–Crippen LogP) is 18.5. The van der Waals surface area contributed by atoms with Crippen molar-refractivity contribution < 1.29 is 0 Å². The average molecular weight is 902 g/mol. The molecule has 0 atom stereocenters. The summed E-state index contributed by atoms with van der Waals surface area (Å²) in [6.45, 7) is 4.78. The van der Waals surface area contributed by atoms with Crippen LogP contribution >= 0.6 is 0 Å². The molecule has 0 heterocycles. The SMILES string of the molecule is CC1(C)c2ccccc2-c2c(N(c3ccc4c(c3)-c3ccccc3-c3ccccc3-c3ccccc3-4)c3cccc4c3-c3ccccc3C43c4ccccc4-c4ccccc4-c4ccccc43)cccc21. The summed E-state index contributed by atoms with van der Waals surface area (Å²) in [5.41, 5.74) is 30.6. The Morgan fingerprint density at radius 3 is 1.03 bits per heavy atom. The molecular formula is C70H47N. The van der Waals surface area contributed by atoms with Gasteiger partial charge in [0.1, 0.15) is 0 Å². The van der Waals surface area contributed by atoms with Gasteiger partial charge in [-0.3, -0.25) is 0 Å². The van der Waals surface area contributed by atoms with Gasteiger partial charge in [-0.05, 0) is 136 Å². The van der Waals surface area contributed by atoms with E-state index in [-0.39, 0.29) is 5.41 Å². The first-order valence-corrected chi connectivity index (χ1v) is 25.0. The highest BCUT2D eigenvalue weighted by atomic mass is 15.1. The quantitative estimate of drug-likeness (QED) is 0.171. The number of anilines is 3. The Morgan fingerprint density at radius 2 is 0.549 bits per heavy atom. The summed E-state index contributed by atoms with van der Waals surface area (Å²) in [6.07, 6.45) is 0. The summed E-state index contributed by atoms with van der Waals surface area (Å²) >= 11 is 0. The molecule has 0 unspecified atom stereocenters. The fourth-order valence-electron chi connectivity index (χ4n) is 13.6. The van der Waals surface area contributed by atoms with Crippen LogP contribution in [-0.4, -0.2) is 0 Å². The third-order valence-corrected chi connectivity index (χ3v) is 16.5. The van der Waals surface area contributed by atoms with Gasteiger partial charge in [-0.1, -0.05) is 238 Å². The molecule has 71 heavy (non-hydrogen) atoms. The van der Waals surface area contributed by atoms with Crippen molar-refractivity contribution in [3.8, 4) is 89.0 Å². The van der Waals surface area contributed by atoms with Crippen LogP contribution in [0, 0.1) is 0 Å². The number of hydrogen-bond donors (Lipinski definition) is 0. The molecule has 0 saturated carbocycles. The van der Waals surface area contributed by atoms with Crippen molar-refractivity contribution in [2.45, 2.75) is 24.7 Å². The monoisotopic (exact) mass is 901 g/mol. The average Bonchev–Trinajstić information content (AvgIpc) is 3.83. The molecule has 0 fully saturated rings. The van der Waals surface area contributed by atoms with E-state index in [1.54, 1.807) is 0 Å². The van der Waals surface area contributed by atoms with E-state index in [1.165, 1.54) is 128 Å². The van der Waals surface area contributed by atoms with Crippen LogP contribution in [0.1, 0.15) is 47.2 Å². The van der Waals surface area contributed by atoms with E-state index < -0.39 is 5.41 Å². The van der Waals surface area contributed by atoms with Gasteiger partial charge < -0.3 is 4.90 Å². The first-order valence-electron chi connectivity index (χ1n) is 25.0. The largest absolute Gasteiger partial charge is 0.309 e. The molecule has 1 spiro atoms. The molecule has 1 nitrogen and oxygen atoms in total. The molecule has 332 valence electrons. The van der Waals surface area contributed by atoms with Crippen LogP contribution in [0.5, 0.6) is 0 Å². The molecule has 4 aliphatic rings. The Balaban J connectivity index is 1.07. The second kappa shape index (κ2) is 14.9. The number of rotatable bonds is 3. The van der Waals surface area contributed by atoms with Crippen molar-refractivity contribution in [1.82, 2.24) is 0 Å². The maximum absolute atomic E-state index is 2.62. The zero-order chi connectivity index (χ0) is 47.0. The second-order valence-corrected chi connectivity index (χ2v) is 20.2. The number of fused-ring (bicyclic) bond motifs is 23. The van der Waals surface area contributed by atoms with Crippen LogP contribution in [0.2, 0.25) is 0 Å². The molecule has 0 bridgehead atoms. The van der Waals surface area contributed by atoms with Gasteiger partial charge in [-0.25, -0.2) is 0 Å². The maximum Gasteiger partial charge on any atom is 0.0726 e. The lowest BCUT2D eigenvalue weighted by atomic mass is 9.66. The summed E-state index contributed by atoms with van der Waals surface area (Å²) in [5.74, 6) is 0. The van der Waals surface area contributed by atoms with Crippen molar-refractivity contribution in [3.63, 3.8) is 0 Å². The van der Waals surface area contributed by atoms with Gasteiger partial charge in [-0.15, -0.1) is 0 Å². The molecule has 0 N–H and O–H groups in total. The lowest BCUT2D eigenvalue weighted by molar-refractivity contribution is 0.660. The third-order valence-electron chi connectivity index (χ3n) is 16.5. The molecule has 0 amide bonds. The van der Waals surface area contributed by atoms with E-state index in [0.29, 0.717) is 0 Å². The van der Waals surface area contributed by atoms with Crippen LogP contribution in [0.15, 0.2) is 249 Å². The first-order chi connectivity index (χ1) is 35.0. The Hall–Kier alpha value is -8.78. The van der Waals surface area contributed by atoms with Crippen LogP contribution < -0.4 is 4.90 Å². The van der Waals surface area contributed by atoms with E-state index in [1.807, 2.05) is 0 Å². The van der Waals surface area contributed by atoms with Gasteiger partial charge in [0.05, 0.1) is 16.8 Å². The zero-order valence-corrected chi connectivity index (χ0v) is 39.6. The van der Waals surface area contributed by atoms with Crippen LogP contribution in [0.3, 0.4) is 0 Å². The van der Waals surface area contributed by atoms with Crippen molar-refractivity contribution in [1.29, 1.82) is 0 Å². The van der Waals surface area contributed by atoms with Crippen LogP contribution in [0.4, 0.5) is 17.1 Å². The van der Waals surface area contributed by atoms with Crippen molar-refractivity contribution >= 4 is 17.1 Å². The molecule has 0 radical (unpaired) electrons. The highest BCUT2D eigenvalue weighted by Gasteiger charge is 2.51. The molecular weight excluding hydrogens is 855 g/mol. The molecule has 0 aliphatic heterocycles. The molecule has 15 rings (SSSR count). The van der Waals surface area contributed by atoms with E-state index in [0.717, 1.165) is 11.4 Å². The molecule has 0 saturated heterocycles. The first kappa shape index (κ1) is 40.1. The Labute approximate surface area is 415 Å². The molecule has 11 aromatic carbocycles. The van der Waals surface area contributed by atoms with E-state index in [9.17, 15) is 0 Å². The topological polar surface area (TPSA) is 3.24 Å². The molecule has 1 heteroatoms. The summed E-state index contributed by atoms with van der Waals surface area (Å²) < 4.78 is 0. The van der Waals surface area contributed by atoms with Gasteiger partial charge >= 0.3 is 0 Å². The normalized spacial score (nSPS) is 14.0. The molecule has 0 aromatic heterocycles. The summed E-state index contributed by atoms with van der Waals surface area (Å²) in [6, 6.07) is 94.1. The molecule has 4 aliphatic carbocycles. The summed E-state index contributed by atoms with van der Waals surface area (Å²) in [4.78, 5) is 2.62. The van der Waals surface area contributed by atoms with Crippen molar-refractivity contribution in [3.05, 3.63) is 282 Å². The Kier molecular flexibility index (Phi) is 8.40. The second-order valence-electron chi connectivity index (χ2n) is 20.2. The Bertz CT molecular complexity index is 3980. The number of hydrogen-bond acceptors (Lipinski definition) is 1. The van der Waals surface area contributed by atoms with Crippen molar-refractivity contribution in [2.75, 3.05) is 4.90 Å². The van der Waals surface area contributed by atoms with Gasteiger partial charge in [0.15, 0.2) is 0 Å². The van der Waals surface area contributed by atoms with E-state index in [4.69, 9.17) is 0 Å². The number of benzene rings is 11. The highest BCUT2D eigenvalue weighted by Crippen LogP contribution is 2.65. The van der Waals surface area contributed by atoms with E-state index >= 15 is 0 Å². The predicted molar refractivity (Wildman–Crippen MR) is 296 cm³/mol. The minimum Gasteiger partial charge on any atom is -0.309 e. The highest BCUT2D eigenvalue weighted by molar-refractivity contribution is 6.07. The zero-order valence-electron chi connectivity index (χ0n) is 39.6. The summed E-state index contributed by atoms with van der Waals surface area (Å²) in [5, 5.41) is 0. The van der Waals surface area contributed by atoms with E-state index in [2.05, 4.69) is 267 Å². The van der Waals surface area contributed by atoms with Gasteiger partial charge in [0.25, 0.3) is 0 Å². The molecule has 11 aromatic rings. The van der Waals surface area contributed by atoms with Gasteiger partial charge in [0, 0.05) is 22.2 Å². The van der Waals surface area contributed by atoms with Crippen LogP contribution in [-0.2, 0) is 10.8 Å². The van der Waals surface area contributed by atoms with Crippen LogP contribution in [0.25, 0.3) is 89.0 Å². The maximum atomic E-state index is 2.62. The number of nitrogens with zero attached hydrogens (tertiary/aromatic N) is 1. The van der Waals surface area contributed by atoms with Gasteiger partial charge in [0.2, 0.25) is 0 Å². The minimum atomic E-state index is -0.616. The Morgan fingerprint density at radius 1 is 0.239 bits per heavy atom.